The van der Waals surface area contributed by atoms with Crippen molar-refractivity contribution in [2.75, 3.05) is 6.54 Å². The van der Waals surface area contributed by atoms with E-state index >= 15 is 35.1 Å². The van der Waals surface area contributed by atoms with Gasteiger partial charge in [-0.05, 0) is 6.92 Å². The fourth-order valence-electron chi connectivity index (χ4n) is 4.77. The lowest BCUT2D eigenvalue weighted by Crippen LogP contribution is -2.80. The van der Waals surface area contributed by atoms with E-state index in [1.165, 1.54) is 0 Å². The molecule has 1 nitrogen and oxygen atoms in total. The highest BCUT2D eigenvalue weighted by Gasteiger charge is 2.49. The first-order valence-electron chi connectivity index (χ1n) is 11.7. The Morgan fingerprint density at radius 3 is 0.682 bits per heavy atom. The molecule has 0 saturated heterocycles. The van der Waals surface area contributed by atoms with Crippen molar-refractivity contribution in [3.05, 3.63) is 117 Å². The average molecular weight is 653 g/mol. The van der Waals surface area contributed by atoms with E-state index in [0.29, 0.717) is 0 Å². The summed E-state index contributed by atoms with van der Waals surface area (Å²) >= 11 is 0. The number of quaternary nitrogens is 1. The minimum absolute atomic E-state index is 0.731. The normalized spacial score (nSPS) is 11.5. The maximum atomic E-state index is 15.3. The van der Waals surface area contributed by atoms with Crippen LogP contribution in [0, 0.1) is 93.1 Å². The van der Waals surface area contributed by atoms with E-state index in [0.717, 1.165) is 6.54 Å². The quantitative estimate of drug-likeness (QED) is 0.145. The van der Waals surface area contributed by atoms with Crippen LogP contribution in [0.2, 0.25) is 0 Å². The van der Waals surface area contributed by atoms with Crippen LogP contribution >= 0.6 is 0 Å². The second-order valence-corrected chi connectivity index (χ2v) is 8.89. The van der Waals surface area contributed by atoms with Crippen molar-refractivity contribution in [2.24, 2.45) is 0 Å². The van der Waals surface area contributed by atoms with E-state index in [1.54, 1.807) is 0 Å². The van der Waals surface area contributed by atoms with Gasteiger partial charge in [0, 0.05) is 24.3 Å². The number of benzene rings is 4. The number of rotatable bonds is 4. The van der Waals surface area contributed by atoms with Crippen molar-refractivity contribution in [1.82, 2.24) is 0 Å². The van der Waals surface area contributed by atoms with Gasteiger partial charge in [0.2, 0.25) is 0 Å². The third-order valence-electron chi connectivity index (χ3n) is 6.33. The summed E-state index contributed by atoms with van der Waals surface area (Å²) in [5, 5.41) is 0. The molecule has 0 atom stereocenters. The Morgan fingerprint density at radius 2 is 0.523 bits per heavy atom. The molecule has 4 rings (SSSR count). The molecule has 236 valence electrons. The van der Waals surface area contributed by atoms with Crippen molar-refractivity contribution in [3.63, 3.8) is 0 Å². The van der Waals surface area contributed by atoms with E-state index in [4.69, 9.17) is 0 Å². The molecular formula is C26H12BF16N. The lowest BCUT2D eigenvalue weighted by atomic mass is 9.12. The minimum atomic E-state index is -6.18. The molecule has 0 saturated carbocycles. The molecule has 0 heterocycles. The average Bonchev–Trinajstić information content (AvgIpc) is 2.92. The molecule has 0 spiro atoms. The Balaban J connectivity index is 0.00000169. The molecule has 4 aromatic carbocycles. The zero-order valence-electron chi connectivity index (χ0n) is 21.3. The van der Waals surface area contributed by atoms with Gasteiger partial charge in [-0.25, -0.2) is 70.2 Å². The second kappa shape index (κ2) is 12.4. The van der Waals surface area contributed by atoms with Crippen LogP contribution in [-0.4, -0.2) is 12.7 Å². The van der Waals surface area contributed by atoms with Gasteiger partial charge >= 0.3 is 0 Å². The summed E-state index contributed by atoms with van der Waals surface area (Å²) in [4.78, 5) is 0. The van der Waals surface area contributed by atoms with E-state index in [-0.39, 0.29) is 0 Å². The zero-order valence-corrected chi connectivity index (χ0v) is 21.3. The van der Waals surface area contributed by atoms with Crippen LogP contribution in [0.15, 0.2) is 24.3 Å². The van der Waals surface area contributed by atoms with Gasteiger partial charge < -0.3 is 5.73 Å². The maximum absolute atomic E-state index is 15.3. The molecule has 0 radical (unpaired) electrons. The molecule has 0 aliphatic rings. The maximum Gasteiger partial charge on any atom is 0.191 e. The molecule has 4 aromatic rings. The van der Waals surface area contributed by atoms with Crippen molar-refractivity contribution in [3.8, 4) is 0 Å². The predicted octanol–water partition coefficient (Wildman–Crippen LogP) is 4.54. The SMILES string of the molecule is CC[NH3+].Fc1cc(F)c([B-](c2c(F)cc(F)c(F)c2F)(c2c(F)cc(F)c(F)c2F)c2c(F)cc(F)c(F)c2F)c(F)c1F. The molecule has 0 unspecified atom stereocenters. The highest BCUT2D eigenvalue weighted by Crippen LogP contribution is 2.27. The highest BCUT2D eigenvalue weighted by molar-refractivity contribution is 7.20. The van der Waals surface area contributed by atoms with Crippen LogP contribution in [0.3, 0.4) is 0 Å². The third kappa shape index (κ3) is 5.13. The fourth-order valence-corrected chi connectivity index (χ4v) is 4.77. The standard InChI is InChI=1S/C24H4BF16.C2H7N/c26-5-1-9(30)17(34)21(38)13(5)25(14-6(27)2-10(31)18(35)22(14)39,15-7(28)3-11(32)19(36)23(15)40)16-8(29)4-12(33)20(37)24(16)41;1-2-3/h1-4H;2-3H2,1H3/q-1;/p+1. The summed E-state index contributed by atoms with van der Waals surface area (Å²) in [7, 11) is 0. The lowest BCUT2D eigenvalue weighted by Gasteiger charge is -2.44. The smallest absolute Gasteiger partial charge is 0.191 e. The second-order valence-electron chi connectivity index (χ2n) is 8.89. The van der Waals surface area contributed by atoms with Crippen LogP contribution in [-0.2, 0) is 0 Å². The van der Waals surface area contributed by atoms with E-state index in [9.17, 15) is 35.1 Å². The van der Waals surface area contributed by atoms with Crippen LogP contribution in [0.5, 0.6) is 0 Å². The highest BCUT2D eigenvalue weighted by atomic mass is 19.2. The summed E-state index contributed by atoms with van der Waals surface area (Å²) in [6.07, 6.45) is -6.18. The molecule has 44 heavy (non-hydrogen) atoms. The molecule has 3 N–H and O–H groups in total. The minimum Gasteiger partial charge on any atom is -0.358 e. The zero-order chi connectivity index (χ0) is 33.6. The van der Waals surface area contributed by atoms with Gasteiger partial charge in [0.25, 0.3) is 0 Å². The van der Waals surface area contributed by atoms with Gasteiger partial charge in [0.1, 0.15) is 29.4 Å². The molecule has 0 aliphatic carbocycles. The number of hydrogen-bond donors (Lipinski definition) is 1. The molecule has 18 heteroatoms. The first-order valence-corrected chi connectivity index (χ1v) is 11.7. The Hall–Kier alpha value is -4.22. The summed E-state index contributed by atoms with van der Waals surface area (Å²) in [6, 6.07) is -2.92. The van der Waals surface area contributed by atoms with Gasteiger partial charge in [-0.1, -0.05) is 0 Å². The van der Waals surface area contributed by atoms with Crippen molar-refractivity contribution in [1.29, 1.82) is 0 Å². The van der Waals surface area contributed by atoms with Crippen LogP contribution in [0.4, 0.5) is 70.2 Å². The van der Waals surface area contributed by atoms with E-state index in [2.05, 4.69) is 5.73 Å². The number of halogens is 16. The van der Waals surface area contributed by atoms with Crippen LogP contribution in [0.1, 0.15) is 6.92 Å². The van der Waals surface area contributed by atoms with Gasteiger partial charge in [-0.2, -0.15) is 0 Å². The first kappa shape index (κ1) is 34.3. The van der Waals surface area contributed by atoms with E-state index < -0.39 is 145 Å². The van der Waals surface area contributed by atoms with Gasteiger partial charge in [-0.3, -0.25) is 0 Å². The summed E-state index contributed by atoms with van der Waals surface area (Å²) < 4.78 is 235. The van der Waals surface area contributed by atoms with Gasteiger partial charge in [-0.15, -0.1) is 21.9 Å². The summed E-state index contributed by atoms with van der Waals surface area (Å²) in [5.41, 5.74) is -7.46. The summed E-state index contributed by atoms with van der Waals surface area (Å²) in [6.45, 7) is 3.01. The Labute approximate surface area is 235 Å². The molecule has 0 aliphatic heterocycles. The van der Waals surface area contributed by atoms with Crippen LogP contribution < -0.4 is 27.6 Å². The molecule has 0 bridgehead atoms. The van der Waals surface area contributed by atoms with Crippen molar-refractivity contribution in [2.45, 2.75) is 6.92 Å². The predicted molar refractivity (Wildman–Crippen MR) is 123 cm³/mol. The van der Waals surface area contributed by atoms with E-state index in [1.807, 2.05) is 6.92 Å². The van der Waals surface area contributed by atoms with Gasteiger partial charge in [0.15, 0.2) is 46.5 Å². The van der Waals surface area contributed by atoms with Crippen molar-refractivity contribution >= 4 is 28.0 Å². The van der Waals surface area contributed by atoms with Crippen LogP contribution in [0.25, 0.3) is 0 Å². The summed E-state index contributed by atoms with van der Waals surface area (Å²) in [5.74, 6) is -45.1. The molecular weight excluding hydrogens is 641 g/mol. The Kier molecular flexibility index (Phi) is 9.67. The fraction of sp³-hybridized carbons (Fsp3) is 0.0769. The third-order valence-corrected chi connectivity index (χ3v) is 6.33. The Bertz CT molecular complexity index is 1530. The molecule has 0 aromatic heterocycles. The first-order chi connectivity index (χ1) is 20.4. The number of hydrogen-bond acceptors (Lipinski definition) is 0. The Morgan fingerprint density at radius 1 is 0.364 bits per heavy atom. The monoisotopic (exact) mass is 653 g/mol. The molecule has 0 amide bonds. The van der Waals surface area contributed by atoms with Crippen molar-refractivity contribution < 1.29 is 76.0 Å². The lowest BCUT2D eigenvalue weighted by molar-refractivity contribution is -0.361. The van der Waals surface area contributed by atoms with Gasteiger partial charge in [0.05, 0.1) is 29.8 Å². The molecule has 0 fully saturated rings. The largest absolute Gasteiger partial charge is 0.358 e. The topological polar surface area (TPSA) is 27.6 Å².